The van der Waals surface area contributed by atoms with Gasteiger partial charge in [-0.1, -0.05) is 300 Å². The maximum absolute atomic E-state index is 10.6. The van der Waals surface area contributed by atoms with Gasteiger partial charge in [0.15, 0.2) is 5.69 Å². The van der Waals surface area contributed by atoms with Crippen molar-refractivity contribution in [2.45, 2.75) is 26.2 Å². The van der Waals surface area contributed by atoms with Gasteiger partial charge in [-0.05, 0) is 203 Å². The average molecular weight is 1470 g/mol. The zero-order chi connectivity index (χ0) is 77.0. The van der Waals surface area contributed by atoms with Gasteiger partial charge in [0.2, 0.25) is 0 Å². The third-order valence-electron chi connectivity index (χ3n) is 23.7. The summed E-state index contributed by atoms with van der Waals surface area (Å²) in [6, 6.07) is 145. The first-order valence-corrected chi connectivity index (χ1v) is 39.4. The van der Waals surface area contributed by atoms with Crippen molar-refractivity contribution in [3.8, 4) is 106 Å². The first kappa shape index (κ1) is 68.0. The van der Waals surface area contributed by atoms with Gasteiger partial charge in [0.1, 0.15) is 0 Å². The van der Waals surface area contributed by atoms with Gasteiger partial charge < -0.3 is 18.9 Å². The van der Waals surface area contributed by atoms with Gasteiger partial charge in [-0.25, -0.2) is 4.85 Å². The summed E-state index contributed by atoms with van der Waals surface area (Å²) in [5.41, 5.74) is 34.8. The summed E-state index contributed by atoms with van der Waals surface area (Å²) in [5, 5.41) is 15.4. The monoisotopic (exact) mass is 1460 g/mol. The maximum Gasteiger partial charge on any atom is 0.252 e. The van der Waals surface area contributed by atoms with Crippen molar-refractivity contribution in [2.24, 2.45) is 0 Å². The minimum absolute atomic E-state index is 0.363. The van der Waals surface area contributed by atoms with Crippen molar-refractivity contribution in [3.63, 3.8) is 0 Å². The van der Waals surface area contributed by atoms with Crippen LogP contribution in [0.15, 0.2) is 388 Å². The van der Waals surface area contributed by atoms with Gasteiger partial charge in [0, 0.05) is 77.9 Å². The third kappa shape index (κ3) is 11.5. The predicted molar refractivity (Wildman–Crippen MR) is 482 cm³/mol. The van der Waals surface area contributed by atoms with Crippen molar-refractivity contribution in [2.75, 3.05) is 9.80 Å². The van der Waals surface area contributed by atoms with Crippen LogP contribution in [0.2, 0.25) is 0 Å². The molecule has 115 heavy (non-hydrogen) atoms. The zero-order valence-corrected chi connectivity index (χ0v) is 63.7. The molecule has 17 aromatic carbocycles. The molecule has 0 bridgehead atoms. The lowest BCUT2D eigenvalue weighted by molar-refractivity contribution is 0.590. The number of anilines is 6. The SMILES string of the molecule is [C-]#[N+]c1ccc(-c2cc(-c3ccccc3)cc(-c3cccc(-c4ccccc4)c3)c2N2c3cc(-n4c5ccccc5c5ccccc54)ccc3B3c4ccc(-n5c6ccccc6c6ccccc65)cc4N(c4c(-c5ccc(C#N)cc5)cc(-c5ccccc5)cc4-c4cccc(-c5ccccc5)c4)c4cc(C(C)(C)C)cc2c43)cc1. The zero-order valence-electron chi connectivity index (χ0n) is 63.7. The molecule has 0 fully saturated rings. The molecule has 0 radical (unpaired) electrons. The van der Waals surface area contributed by atoms with Gasteiger partial charge in [-0.2, -0.15) is 5.26 Å². The number of para-hydroxylation sites is 4. The van der Waals surface area contributed by atoms with E-state index in [0.29, 0.717) is 11.3 Å². The summed E-state index contributed by atoms with van der Waals surface area (Å²) in [4.78, 5) is 9.32. The molecule has 7 heteroatoms. The van der Waals surface area contributed by atoms with Crippen molar-refractivity contribution in [3.05, 3.63) is 411 Å². The minimum atomic E-state index is -0.447. The molecule has 2 aliphatic rings. The molecule has 21 rings (SSSR count). The van der Waals surface area contributed by atoms with Crippen LogP contribution in [0.4, 0.5) is 39.8 Å². The predicted octanol–water partition coefficient (Wildman–Crippen LogP) is 27.0. The Hall–Kier alpha value is -15.0. The van der Waals surface area contributed by atoms with E-state index in [4.69, 9.17) is 6.57 Å². The highest BCUT2D eigenvalue weighted by Crippen LogP contribution is 2.56. The number of nitrogens with zero attached hydrogens (tertiary/aromatic N) is 6. The van der Waals surface area contributed by atoms with Crippen molar-refractivity contribution < 1.29 is 0 Å². The number of rotatable bonds is 12. The number of nitriles is 1. The summed E-state index contributed by atoms with van der Waals surface area (Å²) < 4.78 is 4.93. The lowest BCUT2D eigenvalue weighted by Crippen LogP contribution is -2.61. The summed E-state index contributed by atoms with van der Waals surface area (Å²) in [6.07, 6.45) is 0. The van der Waals surface area contributed by atoms with Crippen molar-refractivity contribution in [1.82, 2.24) is 9.13 Å². The molecule has 2 aliphatic heterocycles. The number of benzene rings is 17. The van der Waals surface area contributed by atoms with Crippen LogP contribution in [0.5, 0.6) is 0 Å². The molecule has 0 unspecified atom stereocenters. The minimum Gasteiger partial charge on any atom is -0.310 e. The van der Waals surface area contributed by atoms with Crippen molar-refractivity contribution >= 4 is 107 Å². The van der Waals surface area contributed by atoms with E-state index in [9.17, 15) is 5.26 Å². The normalized spacial score (nSPS) is 12.2. The van der Waals surface area contributed by atoms with Crippen LogP contribution in [0.25, 0.3) is 149 Å². The molecule has 2 aromatic heterocycles. The quantitative estimate of drug-likeness (QED) is 0.0904. The Balaban J connectivity index is 0.952. The number of hydrogen-bond donors (Lipinski definition) is 0. The highest BCUT2D eigenvalue weighted by molar-refractivity contribution is 7.00. The molecular formula is C108H73BN6. The van der Waals surface area contributed by atoms with E-state index in [1.54, 1.807) is 0 Å². The molecule has 0 N–H and O–H groups in total. The van der Waals surface area contributed by atoms with Crippen LogP contribution in [0, 0.1) is 17.9 Å². The Morgan fingerprint density at radius 1 is 0.296 bits per heavy atom. The van der Waals surface area contributed by atoms with E-state index >= 15 is 0 Å². The van der Waals surface area contributed by atoms with E-state index in [0.717, 1.165) is 179 Å². The number of aromatic nitrogens is 2. The van der Waals surface area contributed by atoms with Gasteiger partial charge >= 0.3 is 0 Å². The van der Waals surface area contributed by atoms with E-state index in [1.165, 1.54) is 21.5 Å². The van der Waals surface area contributed by atoms with Gasteiger partial charge in [0.25, 0.3) is 6.71 Å². The molecule has 6 nitrogen and oxygen atoms in total. The van der Waals surface area contributed by atoms with Gasteiger partial charge in [0.05, 0.1) is 51.6 Å². The first-order chi connectivity index (χ1) is 56.6. The Bertz CT molecular complexity index is 6670. The number of fused-ring (bicyclic) bond motifs is 10. The molecule has 4 heterocycles. The Kier molecular flexibility index (Phi) is 16.3. The van der Waals surface area contributed by atoms with Crippen LogP contribution in [-0.2, 0) is 5.41 Å². The summed E-state index contributed by atoms with van der Waals surface area (Å²) in [6.45, 7) is 15.1. The third-order valence-corrected chi connectivity index (χ3v) is 23.7. The smallest absolute Gasteiger partial charge is 0.252 e. The lowest BCUT2D eigenvalue weighted by Gasteiger charge is -2.46. The molecule has 538 valence electrons. The van der Waals surface area contributed by atoms with Gasteiger partial charge in [-0.3, -0.25) is 0 Å². The van der Waals surface area contributed by atoms with E-state index in [1.807, 2.05) is 24.3 Å². The van der Waals surface area contributed by atoms with Crippen LogP contribution in [0.3, 0.4) is 0 Å². The maximum atomic E-state index is 10.6. The van der Waals surface area contributed by atoms with Crippen LogP contribution >= 0.6 is 0 Å². The molecular weight excluding hydrogens is 1390 g/mol. The fraction of sp³-hybridized carbons (Fsp3) is 0.0370. The molecule has 0 atom stereocenters. The molecule has 0 saturated heterocycles. The highest BCUT2D eigenvalue weighted by Gasteiger charge is 2.47. The highest BCUT2D eigenvalue weighted by atomic mass is 15.2. The van der Waals surface area contributed by atoms with E-state index in [-0.39, 0.29) is 6.71 Å². The Labute approximate surface area is 669 Å². The molecule has 0 saturated carbocycles. The van der Waals surface area contributed by atoms with Crippen LogP contribution in [0.1, 0.15) is 31.9 Å². The molecule has 0 amide bonds. The molecule has 0 aliphatic carbocycles. The largest absolute Gasteiger partial charge is 0.310 e. The van der Waals surface area contributed by atoms with Crippen LogP contribution < -0.4 is 26.2 Å². The number of hydrogen-bond acceptors (Lipinski definition) is 3. The molecule has 19 aromatic rings. The summed E-state index contributed by atoms with van der Waals surface area (Å²) in [5.74, 6) is 0. The fourth-order valence-electron chi connectivity index (χ4n) is 18.2. The fourth-order valence-corrected chi connectivity index (χ4v) is 18.2. The van der Waals surface area contributed by atoms with Gasteiger partial charge in [-0.15, -0.1) is 0 Å². The van der Waals surface area contributed by atoms with Crippen molar-refractivity contribution in [1.29, 1.82) is 5.26 Å². The standard InChI is InChI=1S/C108H73BN6/c1-108(2,3)83-65-103-105-104(66-83)115(107-92(76-51-53-84(111-4)54-52-76)62-82(74-33-15-8-16-34-74)64-94(107)80-38-26-36-78(60-80)72-29-11-6-12-30-72)102-68-86(113-99-45-23-19-41-89(99)90-42-20-24-46-100(90)113)56-58-96(102)109(105)95-57-55-85(112-97-43-21-17-39-87(97)88-40-18-22-44-98(88)112)67-101(95)114(103)106-91(75-49-47-70(69-110)48-50-75)61-81(73-31-13-7-14-32-73)63-93(106)79-37-25-35-77(59-79)71-27-9-5-10-28-71/h5-68H,1-3H3. The molecule has 0 spiro atoms. The Morgan fingerprint density at radius 3 is 0.991 bits per heavy atom. The lowest BCUT2D eigenvalue weighted by atomic mass is 9.33. The second-order valence-corrected chi connectivity index (χ2v) is 31.3. The summed E-state index contributed by atoms with van der Waals surface area (Å²) >= 11 is 0. The Morgan fingerprint density at radius 2 is 0.626 bits per heavy atom. The average Bonchev–Trinajstić information content (AvgIpc) is 1.67. The van der Waals surface area contributed by atoms with E-state index in [2.05, 4.69) is 415 Å². The summed E-state index contributed by atoms with van der Waals surface area (Å²) in [7, 11) is 0. The van der Waals surface area contributed by atoms with E-state index < -0.39 is 5.41 Å². The second kappa shape index (κ2) is 27.5. The van der Waals surface area contributed by atoms with Crippen LogP contribution in [-0.4, -0.2) is 15.8 Å². The first-order valence-electron chi connectivity index (χ1n) is 39.4. The second-order valence-electron chi connectivity index (χ2n) is 31.3. The topological polar surface area (TPSA) is 44.5 Å².